The van der Waals surface area contributed by atoms with Crippen LogP contribution in [0, 0.1) is 35.5 Å². The molecule has 1 aromatic carbocycles. The summed E-state index contributed by atoms with van der Waals surface area (Å²) in [4.78, 5) is 12.6. The third-order valence-electron chi connectivity index (χ3n) is 15.4. The van der Waals surface area contributed by atoms with Crippen molar-refractivity contribution in [3.8, 4) is 5.75 Å². The molecule has 0 amide bonds. The zero-order chi connectivity index (χ0) is 41.8. The molecule has 328 valence electrons. The van der Waals surface area contributed by atoms with Gasteiger partial charge in [-0.3, -0.25) is 4.79 Å². The Morgan fingerprint density at radius 3 is 2.31 bits per heavy atom. The SMILES string of the molecule is CC[C@@]1([C@@H]2O[C@H]([C@H]3O[C@@]4(CO[C@@H](c5ccc(OC)cc5)O4)[C@H](C)C[C@@H]3C)C[C@@H]2C)CC[C@H]([C@@]2(C)CC[C@]3(C[C@H](OC)[C@@H](C)[C@@H]([C@@H](C)[C@@H](OC)[C@H](C)C(=O)OC)O3)O2)O1. The molecule has 18 atom stereocenters. The molecule has 0 bridgehead atoms. The van der Waals surface area contributed by atoms with Crippen molar-refractivity contribution in [3.63, 3.8) is 0 Å². The summed E-state index contributed by atoms with van der Waals surface area (Å²) in [6, 6.07) is 7.84. The van der Waals surface area contributed by atoms with Gasteiger partial charge in [0.25, 0.3) is 0 Å². The van der Waals surface area contributed by atoms with Crippen molar-refractivity contribution in [2.24, 2.45) is 35.5 Å². The highest BCUT2D eigenvalue weighted by Crippen LogP contribution is 2.56. The van der Waals surface area contributed by atoms with E-state index < -0.39 is 41.1 Å². The number of methoxy groups -OCH3 is 4. The third-order valence-corrected chi connectivity index (χ3v) is 15.4. The molecule has 0 unspecified atom stereocenters. The Bertz CT molecular complexity index is 1560. The molecule has 1 aromatic rings. The minimum Gasteiger partial charge on any atom is -0.497 e. The highest BCUT2D eigenvalue weighted by atomic mass is 16.8. The fourth-order valence-electron chi connectivity index (χ4n) is 11.9. The number of benzene rings is 1. The minimum atomic E-state index is -0.837. The molecule has 12 nitrogen and oxygen atoms in total. The van der Waals surface area contributed by atoms with Crippen LogP contribution in [-0.4, -0.2) is 107 Å². The second-order valence-electron chi connectivity index (χ2n) is 19.0. The fraction of sp³-hybridized carbons (Fsp3) is 0.848. The number of ether oxygens (including phenoxy) is 11. The van der Waals surface area contributed by atoms with Crippen molar-refractivity contribution in [3.05, 3.63) is 29.8 Å². The van der Waals surface area contributed by atoms with Gasteiger partial charge in [0, 0.05) is 50.4 Å². The summed E-state index contributed by atoms with van der Waals surface area (Å²) in [6.45, 7) is 17.7. The van der Waals surface area contributed by atoms with Gasteiger partial charge in [-0.25, -0.2) is 0 Å². The highest BCUT2D eigenvalue weighted by Gasteiger charge is 2.63. The Labute approximate surface area is 346 Å². The van der Waals surface area contributed by atoms with Gasteiger partial charge in [0.05, 0.1) is 74.1 Å². The number of carbonyl (C=O) groups excluding carboxylic acids is 1. The second-order valence-corrected chi connectivity index (χ2v) is 19.0. The normalized spacial score (nSPS) is 45.8. The van der Waals surface area contributed by atoms with Crippen LogP contribution in [0.5, 0.6) is 5.75 Å². The van der Waals surface area contributed by atoms with E-state index >= 15 is 0 Å². The predicted molar refractivity (Wildman–Crippen MR) is 215 cm³/mol. The van der Waals surface area contributed by atoms with Crippen molar-refractivity contribution < 1.29 is 56.9 Å². The second kappa shape index (κ2) is 17.1. The fourth-order valence-corrected chi connectivity index (χ4v) is 11.9. The maximum Gasteiger partial charge on any atom is 0.311 e. The van der Waals surface area contributed by atoms with E-state index in [0.29, 0.717) is 18.9 Å². The number of hydrogen-bond acceptors (Lipinski definition) is 12. The van der Waals surface area contributed by atoms with Crippen LogP contribution in [-0.2, 0) is 52.2 Å². The Morgan fingerprint density at radius 1 is 0.914 bits per heavy atom. The van der Waals surface area contributed by atoms with Crippen LogP contribution in [0.15, 0.2) is 24.3 Å². The maximum absolute atomic E-state index is 12.6. The topological polar surface area (TPSA) is 119 Å². The lowest BCUT2D eigenvalue weighted by atomic mass is 9.78. The first-order chi connectivity index (χ1) is 27.6. The first-order valence-electron chi connectivity index (χ1n) is 22.1. The average Bonchev–Trinajstić information content (AvgIpc) is 4.03. The molecular weight excluding hydrogens is 744 g/mol. The molecule has 7 rings (SSSR count). The Balaban J connectivity index is 1.03. The monoisotopic (exact) mass is 817 g/mol. The molecule has 6 fully saturated rings. The molecule has 0 aromatic heterocycles. The van der Waals surface area contributed by atoms with Gasteiger partial charge in [0.15, 0.2) is 17.9 Å². The van der Waals surface area contributed by atoms with Crippen LogP contribution < -0.4 is 4.74 Å². The van der Waals surface area contributed by atoms with Gasteiger partial charge in [-0.15, -0.1) is 0 Å². The van der Waals surface area contributed by atoms with Crippen molar-refractivity contribution in [1.29, 1.82) is 0 Å². The predicted octanol–water partition coefficient (Wildman–Crippen LogP) is 7.79. The summed E-state index contributed by atoms with van der Waals surface area (Å²) < 4.78 is 71.2. The summed E-state index contributed by atoms with van der Waals surface area (Å²) in [5.74, 6) is -0.971. The van der Waals surface area contributed by atoms with Gasteiger partial charge in [-0.1, -0.05) is 53.7 Å². The summed E-state index contributed by atoms with van der Waals surface area (Å²) in [7, 11) is 6.49. The first kappa shape index (κ1) is 44.2. The lowest BCUT2D eigenvalue weighted by Crippen LogP contribution is -2.57. The lowest BCUT2D eigenvalue weighted by Gasteiger charge is -2.49. The summed E-state index contributed by atoms with van der Waals surface area (Å²) in [5, 5.41) is 0. The molecule has 6 aliphatic rings. The number of rotatable bonds is 12. The zero-order valence-corrected chi connectivity index (χ0v) is 37.2. The molecule has 0 aliphatic carbocycles. The first-order valence-corrected chi connectivity index (χ1v) is 22.1. The number of hydrogen-bond donors (Lipinski definition) is 0. The van der Waals surface area contributed by atoms with Gasteiger partial charge in [0.1, 0.15) is 12.4 Å². The van der Waals surface area contributed by atoms with E-state index in [-0.39, 0.29) is 66.3 Å². The van der Waals surface area contributed by atoms with E-state index in [1.54, 1.807) is 21.3 Å². The van der Waals surface area contributed by atoms with E-state index in [1.165, 1.54) is 7.11 Å². The molecule has 0 saturated carbocycles. The van der Waals surface area contributed by atoms with Crippen molar-refractivity contribution >= 4 is 5.97 Å². The summed E-state index contributed by atoms with van der Waals surface area (Å²) >= 11 is 0. The zero-order valence-electron chi connectivity index (χ0n) is 37.2. The molecule has 0 radical (unpaired) electrons. The summed E-state index contributed by atoms with van der Waals surface area (Å²) in [5.41, 5.74) is -0.0604. The molecule has 2 spiro atoms. The Kier molecular flexibility index (Phi) is 13.0. The third kappa shape index (κ3) is 7.89. The molecule has 6 saturated heterocycles. The van der Waals surface area contributed by atoms with E-state index in [4.69, 9.17) is 52.1 Å². The van der Waals surface area contributed by atoms with Crippen LogP contribution in [0.25, 0.3) is 0 Å². The average molecular weight is 817 g/mol. The summed E-state index contributed by atoms with van der Waals surface area (Å²) in [6.07, 6.45) is 4.93. The van der Waals surface area contributed by atoms with Crippen LogP contribution in [0.1, 0.15) is 119 Å². The van der Waals surface area contributed by atoms with Crippen molar-refractivity contribution in [1.82, 2.24) is 0 Å². The Hall–Kier alpha value is -1.87. The van der Waals surface area contributed by atoms with Crippen molar-refractivity contribution in [2.45, 2.75) is 179 Å². The number of esters is 1. The highest BCUT2D eigenvalue weighted by molar-refractivity contribution is 5.72. The molecule has 0 N–H and O–H groups in total. The van der Waals surface area contributed by atoms with Crippen LogP contribution in [0.2, 0.25) is 0 Å². The smallest absolute Gasteiger partial charge is 0.311 e. The number of carbonyl (C=O) groups is 1. The van der Waals surface area contributed by atoms with Gasteiger partial charge in [-0.2, -0.15) is 0 Å². The van der Waals surface area contributed by atoms with E-state index in [0.717, 1.165) is 56.3 Å². The lowest BCUT2D eigenvalue weighted by molar-refractivity contribution is -0.337. The van der Waals surface area contributed by atoms with Gasteiger partial charge >= 0.3 is 5.97 Å². The largest absolute Gasteiger partial charge is 0.497 e. The van der Waals surface area contributed by atoms with E-state index in [9.17, 15) is 4.79 Å². The van der Waals surface area contributed by atoms with Crippen molar-refractivity contribution in [2.75, 3.05) is 35.0 Å². The quantitative estimate of drug-likeness (QED) is 0.192. The minimum absolute atomic E-state index is 0.0598. The molecule has 58 heavy (non-hydrogen) atoms. The molecular formula is C46H72O12. The van der Waals surface area contributed by atoms with Gasteiger partial charge in [0.2, 0.25) is 0 Å². The molecule has 6 heterocycles. The molecule has 12 heteroatoms. The Morgan fingerprint density at radius 2 is 1.66 bits per heavy atom. The molecule has 6 aliphatic heterocycles. The van der Waals surface area contributed by atoms with Crippen LogP contribution in [0.4, 0.5) is 0 Å². The maximum atomic E-state index is 12.6. The van der Waals surface area contributed by atoms with E-state index in [1.807, 2.05) is 31.2 Å². The van der Waals surface area contributed by atoms with Gasteiger partial charge < -0.3 is 52.1 Å². The van der Waals surface area contributed by atoms with Gasteiger partial charge in [-0.05, 0) is 76.3 Å². The van der Waals surface area contributed by atoms with Crippen LogP contribution in [0.3, 0.4) is 0 Å². The van der Waals surface area contributed by atoms with Crippen LogP contribution >= 0.6 is 0 Å². The van der Waals surface area contributed by atoms with E-state index in [2.05, 4.69) is 48.5 Å². The standard InChI is InChI=1S/C46H72O12/c1-13-44(40-27(3)23-34(53-40)37-26(2)22-28(4)46(56-37)25-52-42(57-46)32-14-16-33(48-9)17-15-32)19-18-36(54-44)43(8)20-21-45(58-43)24-35(49-10)29(5)39(55-45)30(6)38(50-11)31(7)41(47)51-12/h14-17,26-31,34-40,42H,13,18-25H2,1-12H3/t26-,27-,28+,29+,30-,31-,34-,35-,36+,37-,38+,39-,40+,42+,43+,44-,45+,46+/m0/s1.